The van der Waals surface area contributed by atoms with Crippen molar-refractivity contribution in [3.05, 3.63) is 40.4 Å². The smallest absolute Gasteiger partial charge is 0.251 e. The molecule has 1 aromatic carbocycles. The van der Waals surface area contributed by atoms with Crippen LogP contribution < -0.4 is 10.1 Å². The second-order valence-corrected chi connectivity index (χ2v) is 4.74. The lowest BCUT2D eigenvalue weighted by Gasteiger charge is -2.07. The lowest BCUT2D eigenvalue weighted by molar-refractivity contribution is 0.0949. The summed E-state index contributed by atoms with van der Waals surface area (Å²) in [7, 11) is 3.40. The third-order valence-electron chi connectivity index (χ3n) is 2.63. The Balaban J connectivity index is 2.04. The van der Waals surface area contributed by atoms with Crippen LogP contribution in [0.2, 0.25) is 0 Å². The Kier molecular flexibility index (Phi) is 4.16. The highest BCUT2D eigenvalue weighted by molar-refractivity contribution is 9.10. The van der Waals surface area contributed by atoms with Crippen molar-refractivity contribution < 1.29 is 9.53 Å². The predicted octanol–water partition coefficient (Wildman–Crippen LogP) is 1.52. The number of nitrogens with one attached hydrogen (secondary N) is 1. The van der Waals surface area contributed by atoms with Gasteiger partial charge in [0.1, 0.15) is 12.1 Å². The van der Waals surface area contributed by atoms with Gasteiger partial charge in [-0.15, -0.1) is 10.2 Å². The predicted molar refractivity (Wildman–Crippen MR) is 72.9 cm³/mol. The van der Waals surface area contributed by atoms with Crippen LogP contribution in [0.15, 0.2) is 29.0 Å². The number of hydrogen-bond acceptors (Lipinski definition) is 4. The summed E-state index contributed by atoms with van der Waals surface area (Å²) in [5.41, 5.74) is 0.551. The Morgan fingerprint density at radius 1 is 1.53 bits per heavy atom. The van der Waals surface area contributed by atoms with Crippen LogP contribution in [-0.2, 0) is 13.6 Å². The SMILES string of the molecule is COc1ccc(C(=O)NCc2nncn2C)cc1Br. The third-order valence-corrected chi connectivity index (χ3v) is 3.25. The van der Waals surface area contributed by atoms with E-state index in [1.807, 2.05) is 7.05 Å². The van der Waals surface area contributed by atoms with Gasteiger partial charge in [0, 0.05) is 12.6 Å². The van der Waals surface area contributed by atoms with Gasteiger partial charge in [0.2, 0.25) is 0 Å². The van der Waals surface area contributed by atoms with Crippen molar-refractivity contribution in [2.75, 3.05) is 7.11 Å². The van der Waals surface area contributed by atoms with Crippen molar-refractivity contribution >= 4 is 21.8 Å². The number of methoxy groups -OCH3 is 1. The molecule has 0 bridgehead atoms. The van der Waals surface area contributed by atoms with Gasteiger partial charge in [0.25, 0.3) is 5.91 Å². The Morgan fingerprint density at radius 2 is 2.32 bits per heavy atom. The van der Waals surface area contributed by atoms with E-state index in [1.54, 1.807) is 36.2 Å². The lowest BCUT2D eigenvalue weighted by Crippen LogP contribution is -2.24. The molecule has 1 aromatic heterocycles. The average Bonchev–Trinajstić information content (AvgIpc) is 2.81. The molecule has 0 atom stereocenters. The number of carbonyl (C=O) groups excluding carboxylic acids is 1. The van der Waals surface area contributed by atoms with Crippen molar-refractivity contribution in [3.8, 4) is 5.75 Å². The van der Waals surface area contributed by atoms with E-state index in [-0.39, 0.29) is 5.91 Å². The van der Waals surface area contributed by atoms with Gasteiger partial charge < -0.3 is 14.6 Å². The number of nitrogens with zero attached hydrogens (tertiary/aromatic N) is 3. The number of rotatable bonds is 4. The van der Waals surface area contributed by atoms with Crippen LogP contribution >= 0.6 is 15.9 Å². The molecule has 0 saturated heterocycles. The van der Waals surface area contributed by atoms with Gasteiger partial charge in [0.05, 0.1) is 18.1 Å². The van der Waals surface area contributed by atoms with Gasteiger partial charge in [-0.1, -0.05) is 0 Å². The topological polar surface area (TPSA) is 69.0 Å². The Hall–Kier alpha value is -1.89. The van der Waals surface area contributed by atoms with Crippen molar-refractivity contribution in [1.82, 2.24) is 20.1 Å². The number of aromatic nitrogens is 3. The summed E-state index contributed by atoms with van der Waals surface area (Å²) in [6.07, 6.45) is 1.59. The number of halogens is 1. The van der Waals surface area contributed by atoms with Crippen LogP contribution in [0.5, 0.6) is 5.75 Å². The zero-order valence-electron chi connectivity index (χ0n) is 10.6. The minimum absolute atomic E-state index is 0.175. The maximum absolute atomic E-state index is 12.0. The molecule has 2 rings (SSSR count). The number of aryl methyl sites for hydroxylation is 1. The highest BCUT2D eigenvalue weighted by Crippen LogP contribution is 2.25. The zero-order chi connectivity index (χ0) is 13.8. The molecule has 0 saturated carbocycles. The number of ether oxygens (including phenoxy) is 1. The fourth-order valence-electron chi connectivity index (χ4n) is 1.54. The highest BCUT2D eigenvalue weighted by atomic mass is 79.9. The number of amides is 1. The van der Waals surface area contributed by atoms with Crippen LogP contribution in [0, 0.1) is 0 Å². The molecule has 7 heteroatoms. The van der Waals surface area contributed by atoms with E-state index in [4.69, 9.17) is 4.74 Å². The van der Waals surface area contributed by atoms with Crippen molar-refractivity contribution in [3.63, 3.8) is 0 Å². The molecule has 0 aliphatic carbocycles. The minimum atomic E-state index is -0.175. The molecule has 0 aliphatic heterocycles. The summed E-state index contributed by atoms with van der Waals surface area (Å²) in [6, 6.07) is 5.15. The Bertz CT molecular complexity index is 597. The van der Waals surface area contributed by atoms with E-state index in [0.29, 0.717) is 23.7 Å². The normalized spacial score (nSPS) is 10.3. The quantitative estimate of drug-likeness (QED) is 0.925. The van der Waals surface area contributed by atoms with E-state index >= 15 is 0 Å². The first-order valence-corrected chi connectivity index (χ1v) is 6.35. The van der Waals surface area contributed by atoms with Crippen molar-refractivity contribution in [2.45, 2.75) is 6.54 Å². The summed E-state index contributed by atoms with van der Waals surface area (Å²) < 4.78 is 7.61. The van der Waals surface area contributed by atoms with Crippen LogP contribution in [0.4, 0.5) is 0 Å². The monoisotopic (exact) mass is 324 g/mol. The van der Waals surface area contributed by atoms with Gasteiger partial charge in [-0.25, -0.2) is 0 Å². The van der Waals surface area contributed by atoms with E-state index in [0.717, 1.165) is 4.47 Å². The largest absolute Gasteiger partial charge is 0.496 e. The molecular formula is C12H13BrN4O2. The molecule has 0 fully saturated rings. The maximum Gasteiger partial charge on any atom is 0.251 e. The van der Waals surface area contributed by atoms with Crippen LogP contribution in [0.3, 0.4) is 0 Å². The average molecular weight is 325 g/mol. The maximum atomic E-state index is 12.0. The molecule has 1 N–H and O–H groups in total. The highest BCUT2D eigenvalue weighted by Gasteiger charge is 2.09. The first-order valence-electron chi connectivity index (χ1n) is 5.56. The van der Waals surface area contributed by atoms with Crippen molar-refractivity contribution in [1.29, 1.82) is 0 Å². The number of carbonyl (C=O) groups is 1. The molecule has 0 radical (unpaired) electrons. The second kappa shape index (κ2) is 5.83. The Labute approximate surface area is 118 Å². The molecule has 1 heterocycles. The molecular weight excluding hydrogens is 312 g/mol. The number of benzene rings is 1. The molecule has 0 unspecified atom stereocenters. The molecule has 0 aliphatic rings. The summed E-state index contributed by atoms with van der Waals surface area (Å²) in [5, 5.41) is 10.4. The molecule has 6 nitrogen and oxygen atoms in total. The second-order valence-electron chi connectivity index (χ2n) is 3.89. The van der Waals surface area contributed by atoms with Gasteiger partial charge in [-0.05, 0) is 34.1 Å². The van der Waals surface area contributed by atoms with Gasteiger partial charge in [-0.3, -0.25) is 4.79 Å². The third kappa shape index (κ3) is 3.11. The Morgan fingerprint density at radius 3 is 2.89 bits per heavy atom. The minimum Gasteiger partial charge on any atom is -0.496 e. The van der Waals surface area contributed by atoms with Gasteiger partial charge in [0.15, 0.2) is 5.82 Å². The van der Waals surface area contributed by atoms with E-state index < -0.39 is 0 Å². The molecule has 100 valence electrons. The summed E-state index contributed by atoms with van der Waals surface area (Å²) in [4.78, 5) is 12.0. The number of hydrogen-bond donors (Lipinski definition) is 1. The van der Waals surface area contributed by atoms with Gasteiger partial charge in [-0.2, -0.15) is 0 Å². The fraction of sp³-hybridized carbons (Fsp3) is 0.250. The zero-order valence-corrected chi connectivity index (χ0v) is 12.1. The van der Waals surface area contributed by atoms with E-state index in [9.17, 15) is 4.79 Å². The molecule has 1 amide bonds. The first kappa shape index (κ1) is 13.5. The molecule has 0 spiro atoms. The summed E-state index contributed by atoms with van der Waals surface area (Å²) in [6.45, 7) is 0.332. The first-order chi connectivity index (χ1) is 9.11. The van der Waals surface area contributed by atoms with E-state index in [1.165, 1.54) is 0 Å². The molecule has 19 heavy (non-hydrogen) atoms. The summed E-state index contributed by atoms with van der Waals surface area (Å²) >= 11 is 3.35. The van der Waals surface area contributed by atoms with Crippen LogP contribution in [-0.4, -0.2) is 27.8 Å². The van der Waals surface area contributed by atoms with Crippen LogP contribution in [0.1, 0.15) is 16.2 Å². The standard InChI is InChI=1S/C12H13BrN4O2/c1-17-7-15-16-11(17)6-14-12(18)8-3-4-10(19-2)9(13)5-8/h3-5,7H,6H2,1-2H3,(H,14,18). The molecule has 2 aromatic rings. The summed E-state index contributed by atoms with van der Waals surface area (Å²) in [5.74, 6) is 1.21. The van der Waals surface area contributed by atoms with Crippen molar-refractivity contribution in [2.24, 2.45) is 7.05 Å². The van der Waals surface area contributed by atoms with E-state index in [2.05, 4.69) is 31.4 Å². The fourth-order valence-corrected chi connectivity index (χ4v) is 2.08. The van der Waals surface area contributed by atoms with Crippen LogP contribution in [0.25, 0.3) is 0 Å². The van der Waals surface area contributed by atoms with Gasteiger partial charge >= 0.3 is 0 Å². The lowest BCUT2D eigenvalue weighted by atomic mass is 10.2.